The molecule has 2 saturated carbocycles. The molecule has 5 heteroatoms. The van der Waals surface area contributed by atoms with Crippen LogP contribution in [0.3, 0.4) is 0 Å². The Bertz CT molecular complexity index is 1040. The number of rotatable bonds is 3. The maximum Gasteiger partial charge on any atom is 0.343 e. The van der Waals surface area contributed by atoms with Crippen molar-refractivity contribution in [3.05, 3.63) is 72.3 Å². The number of hydrogen-bond acceptors (Lipinski definition) is 4. The fourth-order valence-electron chi connectivity index (χ4n) is 5.64. The van der Waals surface area contributed by atoms with E-state index in [0.29, 0.717) is 28.8 Å². The molecule has 2 aromatic rings. The van der Waals surface area contributed by atoms with Gasteiger partial charge in [0.15, 0.2) is 0 Å². The fraction of sp³-hybridized carbons (Fsp3) is 0.292. The largest absolute Gasteiger partial charge is 0.423 e. The zero-order valence-corrected chi connectivity index (χ0v) is 15.6. The van der Waals surface area contributed by atoms with Gasteiger partial charge in [0.05, 0.1) is 23.1 Å². The van der Waals surface area contributed by atoms with E-state index in [-0.39, 0.29) is 35.5 Å². The van der Waals surface area contributed by atoms with Crippen LogP contribution in [0.4, 0.5) is 5.69 Å². The number of benzene rings is 2. The van der Waals surface area contributed by atoms with Crippen molar-refractivity contribution in [3.8, 4) is 5.75 Å². The number of imide groups is 1. The molecule has 29 heavy (non-hydrogen) atoms. The van der Waals surface area contributed by atoms with Crippen LogP contribution >= 0.6 is 0 Å². The number of carbonyl (C=O) groups excluding carboxylic acids is 3. The first-order valence-electron chi connectivity index (χ1n) is 10.1. The lowest BCUT2D eigenvalue weighted by molar-refractivity contribution is -0.124. The summed E-state index contributed by atoms with van der Waals surface area (Å²) >= 11 is 0. The highest BCUT2D eigenvalue weighted by molar-refractivity contribution is 6.22. The van der Waals surface area contributed by atoms with Gasteiger partial charge in [-0.15, -0.1) is 0 Å². The lowest BCUT2D eigenvalue weighted by Crippen LogP contribution is -2.40. The summed E-state index contributed by atoms with van der Waals surface area (Å²) in [7, 11) is 0. The molecule has 144 valence electrons. The molecule has 4 aliphatic carbocycles. The Morgan fingerprint density at radius 3 is 2.17 bits per heavy atom. The molecule has 1 aliphatic heterocycles. The van der Waals surface area contributed by atoms with Gasteiger partial charge in [-0.3, -0.25) is 9.59 Å². The molecule has 2 aromatic carbocycles. The number of amides is 2. The summed E-state index contributed by atoms with van der Waals surface area (Å²) < 4.78 is 5.47. The van der Waals surface area contributed by atoms with Crippen LogP contribution in [0.2, 0.25) is 0 Å². The molecule has 1 heterocycles. The lowest BCUT2D eigenvalue weighted by Gasteiger charge is -2.37. The topological polar surface area (TPSA) is 63.7 Å². The van der Waals surface area contributed by atoms with E-state index < -0.39 is 5.97 Å². The predicted octanol–water partition coefficient (Wildman–Crippen LogP) is 3.46. The van der Waals surface area contributed by atoms with E-state index >= 15 is 0 Å². The van der Waals surface area contributed by atoms with Gasteiger partial charge < -0.3 is 4.74 Å². The number of esters is 1. The Hall–Kier alpha value is -3.21. The van der Waals surface area contributed by atoms with E-state index in [1.165, 1.54) is 4.90 Å². The Balaban J connectivity index is 1.29. The first-order chi connectivity index (χ1) is 14.1. The summed E-state index contributed by atoms with van der Waals surface area (Å²) in [6.07, 6.45) is 5.46. The van der Waals surface area contributed by atoms with Gasteiger partial charge in [-0.2, -0.15) is 0 Å². The molecule has 7 rings (SSSR count). The van der Waals surface area contributed by atoms with Crippen LogP contribution in [0.1, 0.15) is 16.8 Å². The SMILES string of the molecule is O=C(Oc1cccc(N2C(=O)[C@@H]3[C@H]4C=C[C@@H]([C@@H]5C[C@H]45)[C@@H]3C2=O)c1)c1ccccc1. The summed E-state index contributed by atoms with van der Waals surface area (Å²) in [6.45, 7) is 0. The second-order valence-electron chi connectivity index (χ2n) is 8.42. The van der Waals surface area contributed by atoms with Crippen LogP contribution in [-0.4, -0.2) is 17.8 Å². The summed E-state index contributed by atoms with van der Waals surface area (Å²) in [6, 6.07) is 15.4. The molecule has 0 aromatic heterocycles. The lowest BCUT2D eigenvalue weighted by atomic mass is 9.63. The number of anilines is 1. The second-order valence-corrected chi connectivity index (χ2v) is 8.42. The molecular formula is C24H19NO4. The number of carbonyl (C=O) groups is 3. The van der Waals surface area contributed by atoms with Gasteiger partial charge in [0.25, 0.3) is 0 Å². The Kier molecular flexibility index (Phi) is 3.40. The van der Waals surface area contributed by atoms with E-state index in [9.17, 15) is 14.4 Å². The van der Waals surface area contributed by atoms with Gasteiger partial charge >= 0.3 is 5.97 Å². The van der Waals surface area contributed by atoms with Gasteiger partial charge in [0.2, 0.25) is 11.8 Å². The van der Waals surface area contributed by atoms with Crippen LogP contribution in [0.25, 0.3) is 0 Å². The van der Waals surface area contributed by atoms with E-state index in [4.69, 9.17) is 4.74 Å². The standard InChI is InChI=1S/C24H19NO4/c26-22-20-16-9-10-17(19-12-18(16)19)21(20)23(27)25(22)14-7-4-8-15(11-14)29-24(28)13-5-2-1-3-6-13/h1-11,16-21H,12H2/t16-,17-,18-,19+,20-,21+/m0/s1. The van der Waals surface area contributed by atoms with Crippen LogP contribution in [0.5, 0.6) is 5.75 Å². The molecule has 2 bridgehead atoms. The summed E-state index contributed by atoms with van der Waals surface area (Å²) in [4.78, 5) is 40.1. The van der Waals surface area contributed by atoms with Crippen molar-refractivity contribution in [2.45, 2.75) is 6.42 Å². The van der Waals surface area contributed by atoms with E-state index in [1.54, 1.807) is 48.5 Å². The highest BCUT2D eigenvalue weighted by Crippen LogP contribution is 2.65. The number of nitrogens with zero attached hydrogens (tertiary/aromatic N) is 1. The average molecular weight is 385 g/mol. The monoisotopic (exact) mass is 385 g/mol. The molecule has 0 radical (unpaired) electrons. The van der Waals surface area contributed by atoms with E-state index in [2.05, 4.69) is 12.2 Å². The van der Waals surface area contributed by atoms with Crippen LogP contribution in [0, 0.1) is 35.5 Å². The van der Waals surface area contributed by atoms with Gasteiger partial charge in [-0.1, -0.05) is 36.4 Å². The van der Waals surface area contributed by atoms with Crippen molar-refractivity contribution in [3.63, 3.8) is 0 Å². The minimum atomic E-state index is -0.474. The molecule has 3 fully saturated rings. The second kappa shape index (κ2) is 5.89. The minimum Gasteiger partial charge on any atom is -0.423 e. The van der Waals surface area contributed by atoms with E-state index in [0.717, 1.165) is 6.42 Å². The quantitative estimate of drug-likeness (QED) is 0.351. The van der Waals surface area contributed by atoms with Crippen LogP contribution in [0.15, 0.2) is 66.7 Å². The zero-order chi connectivity index (χ0) is 19.7. The normalized spacial score (nSPS) is 33.4. The smallest absolute Gasteiger partial charge is 0.343 e. The van der Waals surface area contributed by atoms with Crippen molar-refractivity contribution >= 4 is 23.5 Å². The summed E-state index contributed by atoms with van der Waals surface area (Å²) in [5.74, 6) is 0.655. The Labute approximate surface area is 168 Å². The minimum absolute atomic E-state index is 0.115. The van der Waals surface area contributed by atoms with Crippen molar-refractivity contribution < 1.29 is 19.1 Å². The van der Waals surface area contributed by atoms with Crippen molar-refractivity contribution in [1.82, 2.24) is 0 Å². The molecule has 5 nitrogen and oxygen atoms in total. The number of allylic oxidation sites excluding steroid dienone is 2. The fourth-order valence-corrected chi connectivity index (χ4v) is 5.64. The highest BCUT2D eigenvalue weighted by atomic mass is 16.5. The number of hydrogen-bond donors (Lipinski definition) is 0. The molecule has 5 aliphatic rings. The first kappa shape index (κ1) is 16.7. The van der Waals surface area contributed by atoms with Crippen molar-refractivity contribution in [2.75, 3.05) is 4.90 Å². The first-order valence-corrected chi connectivity index (χ1v) is 10.1. The molecule has 0 N–H and O–H groups in total. The molecule has 6 atom stereocenters. The van der Waals surface area contributed by atoms with Gasteiger partial charge in [-0.05, 0) is 54.4 Å². The number of ether oxygens (including phenoxy) is 1. The van der Waals surface area contributed by atoms with Crippen molar-refractivity contribution in [1.29, 1.82) is 0 Å². The third-order valence-corrected chi connectivity index (χ3v) is 6.96. The maximum absolute atomic E-state index is 13.2. The third kappa shape index (κ3) is 2.36. The zero-order valence-electron chi connectivity index (χ0n) is 15.6. The van der Waals surface area contributed by atoms with Gasteiger partial charge in [0.1, 0.15) is 5.75 Å². The molecule has 2 amide bonds. The Morgan fingerprint density at radius 2 is 1.52 bits per heavy atom. The average Bonchev–Trinajstić information content (AvgIpc) is 3.52. The molecule has 0 unspecified atom stereocenters. The van der Waals surface area contributed by atoms with Crippen LogP contribution < -0.4 is 9.64 Å². The van der Waals surface area contributed by atoms with Gasteiger partial charge in [-0.25, -0.2) is 9.69 Å². The van der Waals surface area contributed by atoms with Crippen LogP contribution in [-0.2, 0) is 9.59 Å². The Morgan fingerprint density at radius 1 is 0.862 bits per heavy atom. The van der Waals surface area contributed by atoms with Gasteiger partial charge in [0, 0.05) is 6.07 Å². The molecule has 0 spiro atoms. The summed E-state index contributed by atoms with van der Waals surface area (Å²) in [5.41, 5.74) is 0.917. The predicted molar refractivity (Wildman–Crippen MR) is 105 cm³/mol. The summed E-state index contributed by atoms with van der Waals surface area (Å²) in [5, 5.41) is 0. The maximum atomic E-state index is 13.2. The highest BCUT2D eigenvalue weighted by Gasteiger charge is 2.67. The third-order valence-electron chi connectivity index (χ3n) is 6.96. The molecule has 1 saturated heterocycles. The van der Waals surface area contributed by atoms with E-state index in [1.807, 2.05) is 6.07 Å². The van der Waals surface area contributed by atoms with Crippen molar-refractivity contribution in [2.24, 2.45) is 35.5 Å². The molecular weight excluding hydrogens is 366 g/mol.